The van der Waals surface area contributed by atoms with Crippen molar-refractivity contribution in [3.63, 3.8) is 0 Å². The number of nitrogens with zero attached hydrogens (tertiary/aromatic N) is 2. The van der Waals surface area contributed by atoms with Gasteiger partial charge < -0.3 is 9.80 Å². The monoisotopic (exact) mass is 1010 g/mol. The lowest BCUT2D eigenvalue weighted by molar-refractivity contribution is 0.332. The van der Waals surface area contributed by atoms with Crippen molar-refractivity contribution >= 4 is 78.0 Å². The summed E-state index contributed by atoms with van der Waals surface area (Å²) in [5, 5.41) is 1.39. The maximum Gasteiger partial charge on any atom is 0.264 e. The van der Waals surface area contributed by atoms with E-state index in [4.69, 9.17) is 0 Å². The van der Waals surface area contributed by atoms with Gasteiger partial charge in [-0.05, 0) is 210 Å². The van der Waals surface area contributed by atoms with Crippen molar-refractivity contribution in [1.82, 2.24) is 0 Å². The van der Waals surface area contributed by atoms with E-state index < -0.39 is 0 Å². The van der Waals surface area contributed by atoms with Gasteiger partial charge in [0.05, 0.1) is 11.4 Å². The minimum absolute atomic E-state index is 0.0316. The molecule has 75 heavy (non-hydrogen) atoms. The normalized spacial score (nSPS) is 20.2. The van der Waals surface area contributed by atoms with Gasteiger partial charge in [0.1, 0.15) is 0 Å². The molecule has 0 amide bonds. The summed E-state index contributed by atoms with van der Waals surface area (Å²) in [4.78, 5) is 5.51. The first kappa shape index (κ1) is 50.7. The van der Waals surface area contributed by atoms with E-state index in [0.717, 1.165) is 0 Å². The minimum atomic E-state index is -0.0316. The van der Waals surface area contributed by atoms with E-state index in [1.807, 2.05) is 0 Å². The number of hydrogen-bond acceptors (Lipinski definition) is 3. The van der Waals surface area contributed by atoms with Crippen molar-refractivity contribution in [3.05, 3.63) is 147 Å². The van der Waals surface area contributed by atoms with Crippen LogP contribution in [0.15, 0.2) is 97.1 Å². The molecule has 0 spiro atoms. The molecule has 1 aromatic heterocycles. The van der Waals surface area contributed by atoms with E-state index in [0.29, 0.717) is 0 Å². The number of anilines is 6. The molecular weight excluding hydrogens is 924 g/mol. The van der Waals surface area contributed by atoms with Gasteiger partial charge in [-0.1, -0.05) is 167 Å². The predicted octanol–water partition coefficient (Wildman–Crippen LogP) is 18.6. The van der Waals surface area contributed by atoms with E-state index in [-0.39, 0.29) is 50.0 Å². The molecule has 6 aromatic carbocycles. The highest BCUT2D eigenvalue weighted by Crippen LogP contribution is 2.56. The number of hydrogen-bond donors (Lipinski definition) is 0. The van der Waals surface area contributed by atoms with Gasteiger partial charge in [0, 0.05) is 43.2 Å². The Morgan fingerprint density at radius 3 is 1.48 bits per heavy atom. The number of fused-ring (bicyclic) bond motifs is 9. The smallest absolute Gasteiger partial charge is 0.264 e. The lowest BCUT2D eigenvalue weighted by atomic mass is 9.35. The zero-order chi connectivity index (χ0) is 53.7. The Labute approximate surface area is 456 Å². The van der Waals surface area contributed by atoms with Gasteiger partial charge in [-0.3, -0.25) is 0 Å². The van der Waals surface area contributed by atoms with Gasteiger partial charge in [0.15, 0.2) is 0 Å². The van der Waals surface area contributed by atoms with Crippen LogP contribution in [0.3, 0.4) is 0 Å². The highest BCUT2D eigenvalue weighted by molar-refractivity contribution is 7.33. The van der Waals surface area contributed by atoms with Gasteiger partial charge in [-0.25, -0.2) is 0 Å². The van der Waals surface area contributed by atoms with E-state index in [1.165, 1.54) is 160 Å². The van der Waals surface area contributed by atoms with Crippen LogP contribution < -0.4 is 25.5 Å². The second kappa shape index (κ2) is 16.0. The number of thiophene rings is 1. The van der Waals surface area contributed by atoms with E-state index in [2.05, 4.69) is 250 Å². The summed E-state index contributed by atoms with van der Waals surface area (Å²) in [6.45, 7) is 46.4. The van der Waals surface area contributed by atoms with E-state index in [9.17, 15) is 0 Å². The fourth-order valence-electron chi connectivity index (χ4n) is 14.6. The topological polar surface area (TPSA) is 6.48 Å². The summed E-state index contributed by atoms with van der Waals surface area (Å²) in [5.74, 6) is 0. The molecule has 0 saturated carbocycles. The number of benzene rings is 6. The Balaban J connectivity index is 1.23. The highest BCUT2D eigenvalue weighted by Gasteiger charge is 2.49. The third-order valence-corrected chi connectivity index (χ3v) is 21.2. The molecule has 388 valence electrons. The van der Waals surface area contributed by atoms with Crippen LogP contribution in [0.4, 0.5) is 34.1 Å². The van der Waals surface area contributed by atoms with E-state index in [1.54, 1.807) is 0 Å². The molecule has 0 N–H and O–H groups in total. The SMILES string of the molecule is Cc1cc2c3c(c1)N(c1ccc(C(C)(C)C)cc1-c1ccc(C(C)(C)C)cc1)c1c(sc4cc5c(cc14)C(C)(C)CCC5(C)C)B3c1cc3c(cc1N2c1ccc2c(c1)C(C)(C)CCC2(C)C)C(C)(C)CCC3(C)C. The summed E-state index contributed by atoms with van der Waals surface area (Å²) in [7, 11) is 0. The molecule has 3 aliphatic carbocycles. The van der Waals surface area contributed by atoms with Gasteiger partial charge in [-0.2, -0.15) is 0 Å². The molecule has 4 heteroatoms. The average molecular weight is 1010 g/mol. The number of rotatable bonds is 3. The fraction of sp³-hybridized carbons (Fsp3) is 0.465. The first-order valence-corrected chi connectivity index (χ1v) is 29.6. The molecule has 2 aliphatic heterocycles. The fourth-order valence-corrected chi connectivity index (χ4v) is 15.9. The van der Waals surface area contributed by atoms with Crippen LogP contribution in [0, 0.1) is 6.92 Å². The summed E-state index contributed by atoms with van der Waals surface area (Å²) < 4.78 is 2.88. The molecule has 0 unspecified atom stereocenters. The van der Waals surface area contributed by atoms with Gasteiger partial charge >= 0.3 is 0 Å². The molecule has 3 heterocycles. The van der Waals surface area contributed by atoms with Crippen molar-refractivity contribution in [2.75, 3.05) is 9.80 Å². The largest absolute Gasteiger partial charge is 0.311 e. The van der Waals surface area contributed by atoms with Gasteiger partial charge in [0.25, 0.3) is 6.71 Å². The third kappa shape index (κ3) is 7.73. The van der Waals surface area contributed by atoms with Crippen LogP contribution in [-0.4, -0.2) is 6.71 Å². The van der Waals surface area contributed by atoms with Crippen LogP contribution in [0.2, 0.25) is 0 Å². The van der Waals surface area contributed by atoms with Crippen LogP contribution >= 0.6 is 11.3 Å². The molecule has 12 rings (SSSR count). The molecule has 0 fully saturated rings. The van der Waals surface area contributed by atoms with Crippen molar-refractivity contribution in [1.29, 1.82) is 0 Å². The molecule has 0 bridgehead atoms. The lowest BCUT2D eigenvalue weighted by Crippen LogP contribution is -2.61. The summed E-state index contributed by atoms with van der Waals surface area (Å²) in [5.41, 5.74) is 26.9. The first-order chi connectivity index (χ1) is 34.8. The highest BCUT2D eigenvalue weighted by atomic mass is 32.1. The van der Waals surface area contributed by atoms with Crippen LogP contribution in [0.25, 0.3) is 21.2 Å². The molecule has 7 aromatic rings. The summed E-state index contributed by atoms with van der Waals surface area (Å²) in [6, 6.07) is 40.5. The zero-order valence-electron chi connectivity index (χ0n) is 49.4. The molecular formula is C71H85BN2S. The third-order valence-electron chi connectivity index (χ3n) is 20.0. The minimum Gasteiger partial charge on any atom is -0.311 e. The van der Waals surface area contributed by atoms with Crippen LogP contribution in [-0.2, 0) is 43.3 Å². The Morgan fingerprint density at radius 2 is 0.920 bits per heavy atom. The molecule has 0 atom stereocenters. The molecule has 5 aliphatic rings. The molecule has 2 nitrogen and oxygen atoms in total. The van der Waals surface area contributed by atoms with Crippen LogP contribution in [0.5, 0.6) is 0 Å². The zero-order valence-corrected chi connectivity index (χ0v) is 50.2. The molecule has 0 radical (unpaired) electrons. The average Bonchev–Trinajstić information content (AvgIpc) is 3.77. The second-order valence-corrected chi connectivity index (χ2v) is 31.4. The van der Waals surface area contributed by atoms with Gasteiger partial charge in [-0.15, -0.1) is 11.3 Å². The Bertz CT molecular complexity index is 3540. The lowest BCUT2D eigenvalue weighted by Gasteiger charge is -2.47. The quantitative estimate of drug-likeness (QED) is 0.163. The van der Waals surface area contributed by atoms with Crippen molar-refractivity contribution in [2.45, 2.75) is 213 Å². The van der Waals surface area contributed by atoms with Crippen molar-refractivity contribution in [2.24, 2.45) is 0 Å². The second-order valence-electron chi connectivity index (χ2n) is 30.3. The predicted molar refractivity (Wildman–Crippen MR) is 329 cm³/mol. The van der Waals surface area contributed by atoms with Gasteiger partial charge in [0.2, 0.25) is 0 Å². The van der Waals surface area contributed by atoms with Crippen molar-refractivity contribution in [3.8, 4) is 11.1 Å². The Kier molecular flexibility index (Phi) is 10.8. The van der Waals surface area contributed by atoms with Crippen molar-refractivity contribution < 1.29 is 0 Å². The van der Waals surface area contributed by atoms with E-state index >= 15 is 0 Å². The standard InChI is InChI=1S/C71H85BN2S/c1-42-34-58-61-59(35-42)74(56-27-24-45(65(5,6)7)36-47(56)43-20-22-44(23-21-43)64(2,3)4)62-48-38-51-54(71(18,19)33-30-68(51,12)13)41-60(48)75-63(62)72(61)55-39-52-53(70(16,17)32-31-69(52,14)15)40-57(55)73(58)46-25-26-49-50(37-46)67(10,11)29-28-66(49,8)9/h20-27,34-41H,28-33H2,1-19H3. The summed E-state index contributed by atoms with van der Waals surface area (Å²) >= 11 is 2.08. The molecule has 0 saturated heterocycles. The Hall–Kier alpha value is -5.06. The first-order valence-electron chi connectivity index (χ1n) is 28.7. The maximum atomic E-state index is 2.77. The Morgan fingerprint density at radius 1 is 0.440 bits per heavy atom. The maximum absolute atomic E-state index is 2.77. The number of aryl methyl sites for hydroxylation is 1. The summed E-state index contributed by atoms with van der Waals surface area (Å²) in [6.07, 6.45) is 7.13. The van der Waals surface area contributed by atoms with Crippen LogP contribution in [0.1, 0.15) is 213 Å².